The van der Waals surface area contributed by atoms with E-state index in [1.165, 1.54) is 0 Å². The summed E-state index contributed by atoms with van der Waals surface area (Å²) in [5.74, 6) is -4.22. The Morgan fingerprint density at radius 3 is 2.00 bits per heavy atom. The Labute approximate surface area is 324 Å². The van der Waals surface area contributed by atoms with Crippen molar-refractivity contribution in [1.29, 1.82) is 0 Å². The standard InChI is InChI=1S/C43H70N4O7/c1-7-47(30(4)5)21-15-14-20-38(40(51)27-36(28-48)41(44)52)46-43(54)35(24-33-18-12-9-13-19-33)26-39(50)31(6)45-42(53)34(25-37(49)22-29(2)3)23-32-16-10-8-11-17-32/h8,10-11,16-17,29-31,33-36,38,48H,7,9,12-15,18-28H2,1-6H3,(H2,44,52)(H,45,53)(H,46,54)/t31-,34?,35?,36?,38-/m0/s1. The average Bonchev–Trinajstić information content (AvgIpc) is 3.12. The number of nitrogens with two attached hydrogens (primary N) is 1. The molecule has 5 atom stereocenters. The number of ketones is 3. The van der Waals surface area contributed by atoms with E-state index in [1.54, 1.807) is 6.92 Å². The minimum Gasteiger partial charge on any atom is -0.396 e. The lowest BCUT2D eigenvalue weighted by Crippen LogP contribution is -2.47. The van der Waals surface area contributed by atoms with Crippen molar-refractivity contribution in [3.63, 3.8) is 0 Å². The summed E-state index contributed by atoms with van der Waals surface area (Å²) < 4.78 is 0. The minimum atomic E-state index is -1.05. The fourth-order valence-electron chi connectivity index (χ4n) is 7.60. The summed E-state index contributed by atoms with van der Waals surface area (Å²) in [5.41, 5.74) is 6.36. The maximum Gasteiger partial charge on any atom is 0.224 e. The molecule has 0 bridgehead atoms. The second-order valence-corrected chi connectivity index (χ2v) is 16.3. The Morgan fingerprint density at radius 1 is 0.796 bits per heavy atom. The normalized spacial score (nSPS) is 16.4. The predicted molar refractivity (Wildman–Crippen MR) is 212 cm³/mol. The maximum atomic E-state index is 14.1. The van der Waals surface area contributed by atoms with Gasteiger partial charge in [-0.3, -0.25) is 28.8 Å². The molecule has 11 nitrogen and oxygen atoms in total. The number of aliphatic hydroxyl groups excluding tert-OH is 1. The van der Waals surface area contributed by atoms with Crippen molar-refractivity contribution < 1.29 is 33.9 Å². The molecule has 2 rings (SSSR count). The molecular formula is C43H70N4O7. The van der Waals surface area contributed by atoms with Gasteiger partial charge in [0.1, 0.15) is 5.78 Å². The zero-order chi connectivity index (χ0) is 40.2. The molecule has 1 aromatic rings. The first-order valence-electron chi connectivity index (χ1n) is 20.5. The third-order valence-corrected chi connectivity index (χ3v) is 10.9. The van der Waals surface area contributed by atoms with Crippen molar-refractivity contribution in [2.45, 2.75) is 150 Å². The van der Waals surface area contributed by atoms with Crippen LogP contribution in [0.4, 0.5) is 0 Å². The number of carbonyl (C=O) groups excluding carboxylic acids is 6. The minimum absolute atomic E-state index is 0.00266. The van der Waals surface area contributed by atoms with Gasteiger partial charge in [0.15, 0.2) is 11.6 Å². The molecule has 1 aliphatic rings. The Kier molecular flexibility index (Phi) is 21.5. The second-order valence-electron chi connectivity index (χ2n) is 16.3. The van der Waals surface area contributed by atoms with E-state index < -0.39 is 48.3 Å². The van der Waals surface area contributed by atoms with Crippen LogP contribution in [0.3, 0.4) is 0 Å². The smallest absolute Gasteiger partial charge is 0.224 e. The number of hydrogen-bond donors (Lipinski definition) is 4. The van der Waals surface area contributed by atoms with E-state index in [9.17, 15) is 33.9 Å². The predicted octanol–water partition coefficient (Wildman–Crippen LogP) is 5.34. The zero-order valence-corrected chi connectivity index (χ0v) is 33.9. The van der Waals surface area contributed by atoms with Crippen molar-refractivity contribution in [3.05, 3.63) is 35.9 Å². The Balaban J connectivity index is 2.24. The molecule has 0 heterocycles. The van der Waals surface area contributed by atoms with Gasteiger partial charge in [0.05, 0.1) is 24.6 Å². The van der Waals surface area contributed by atoms with Gasteiger partial charge in [-0.05, 0) is 83.4 Å². The van der Waals surface area contributed by atoms with E-state index in [2.05, 4.69) is 36.3 Å². The first-order valence-corrected chi connectivity index (χ1v) is 20.5. The number of rotatable bonds is 27. The van der Waals surface area contributed by atoms with Gasteiger partial charge < -0.3 is 26.4 Å². The second kappa shape index (κ2) is 24.9. The van der Waals surface area contributed by atoms with Crippen molar-refractivity contribution in [3.8, 4) is 0 Å². The number of unbranched alkanes of at least 4 members (excludes halogenated alkanes) is 1. The van der Waals surface area contributed by atoms with Crippen LogP contribution >= 0.6 is 0 Å². The number of Topliss-reactive ketones (excluding diaryl/α,β-unsaturated/α-hetero) is 3. The Hall–Kier alpha value is -3.44. The van der Waals surface area contributed by atoms with Crippen LogP contribution in [0.1, 0.15) is 131 Å². The molecule has 1 aliphatic carbocycles. The quantitative estimate of drug-likeness (QED) is 0.0871. The summed E-state index contributed by atoms with van der Waals surface area (Å²) in [6.45, 7) is 13.1. The lowest BCUT2D eigenvalue weighted by atomic mass is 9.80. The Morgan fingerprint density at radius 2 is 1.43 bits per heavy atom. The number of hydrogen-bond acceptors (Lipinski definition) is 8. The molecule has 304 valence electrons. The molecule has 54 heavy (non-hydrogen) atoms. The van der Waals surface area contributed by atoms with Crippen LogP contribution in [0.2, 0.25) is 0 Å². The number of nitrogens with one attached hydrogen (secondary N) is 2. The van der Waals surface area contributed by atoms with Crippen LogP contribution in [0.15, 0.2) is 30.3 Å². The van der Waals surface area contributed by atoms with Gasteiger partial charge in [0, 0.05) is 43.6 Å². The summed E-state index contributed by atoms with van der Waals surface area (Å²) >= 11 is 0. The number of aliphatic hydroxyl groups is 1. The summed E-state index contributed by atoms with van der Waals surface area (Å²) in [7, 11) is 0. The molecule has 5 N–H and O–H groups in total. The highest BCUT2D eigenvalue weighted by Crippen LogP contribution is 2.31. The van der Waals surface area contributed by atoms with Gasteiger partial charge in [-0.15, -0.1) is 0 Å². The van der Waals surface area contributed by atoms with Gasteiger partial charge in [-0.25, -0.2) is 0 Å². The van der Waals surface area contributed by atoms with Crippen LogP contribution in [-0.2, 0) is 35.2 Å². The molecular weight excluding hydrogens is 684 g/mol. The van der Waals surface area contributed by atoms with E-state index in [0.29, 0.717) is 38.1 Å². The molecule has 0 spiro atoms. The average molecular weight is 755 g/mol. The molecule has 3 amide bonds. The highest BCUT2D eigenvalue weighted by Gasteiger charge is 2.33. The summed E-state index contributed by atoms with van der Waals surface area (Å²) in [6, 6.07) is 8.08. The van der Waals surface area contributed by atoms with Crippen molar-refractivity contribution >= 4 is 35.1 Å². The van der Waals surface area contributed by atoms with E-state index in [1.807, 2.05) is 44.2 Å². The highest BCUT2D eigenvalue weighted by molar-refractivity contribution is 5.96. The van der Waals surface area contributed by atoms with Gasteiger partial charge in [0.2, 0.25) is 17.7 Å². The first kappa shape index (κ1) is 46.7. The van der Waals surface area contributed by atoms with Crippen LogP contribution < -0.4 is 16.4 Å². The molecule has 1 aromatic carbocycles. The molecule has 1 saturated carbocycles. The maximum absolute atomic E-state index is 14.1. The molecule has 11 heteroatoms. The monoisotopic (exact) mass is 755 g/mol. The number of carbonyl (C=O) groups is 6. The van der Waals surface area contributed by atoms with E-state index in [4.69, 9.17) is 5.73 Å². The number of benzene rings is 1. The lowest BCUT2D eigenvalue weighted by molar-refractivity contribution is -0.135. The van der Waals surface area contributed by atoms with E-state index in [0.717, 1.165) is 57.2 Å². The van der Waals surface area contributed by atoms with E-state index in [-0.39, 0.29) is 54.4 Å². The lowest BCUT2D eigenvalue weighted by Gasteiger charge is -2.28. The fraction of sp³-hybridized carbons (Fsp3) is 0.721. The summed E-state index contributed by atoms with van der Waals surface area (Å²) in [6.07, 6.45) is 7.86. The molecule has 0 saturated heterocycles. The number of amides is 3. The van der Waals surface area contributed by atoms with E-state index >= 15 is 0 Å². The molecule has 0 aromatic heterocycles. The van der Waals surface area contributed by atoms with Crippen LogP contribution in [0, 0.1) is 29.6 Å². The fourth-order valence-corrected chi connectivity index (χ4v) is 7.60. The molecule has 1 fully saturated rings. The van der Waals surface area contributed by atoms with Crippen LogP contribution in [0.25, 0.3) is 0 Å². The topological polar surface area (TPSA) is 176 Å². The third-order valence-electron chi connectivity index (χ3n) is 10.9. The SMILES string of the molecule is CCN(CCCC[C@H](NC(=O)C(CC(=O)[C@H](C)NC(=O)C(CC(=O)CC(C)C)Cc1ccccc1)CC1CCCCC1)C(=O)CC(CO)C(N)=O)C(C)C. The number of primary amides is 1. The van der Waals surface area contributed by atoms with Gasteiger partial charge in [-0.1, -0.05) is 83.2 Å². The largest absolute Gasteiger partial charge is 0.396 e. The summed E-state index contributed by atoms with van der Waals surface area (Å²) in [5, 5.41) is 15.5. The summed E-state index contributed by atoms with van der Waals surface area (Å²) in [4.78, 5) is 82.2. The van der Waals surface area contributed by atoms with Gasteiger partial charge >= 0.3 is 0 Å². The zero-order valence-electron chi connectivity index (χ0n) is 33.9. The van der Waals surface area contributed by atoms with Gasteiger partial charge in [0.25, 0.3) is 0 Å². The molecule has 0 aliphatic heterocycles. The van der Waals surface area contributed by atoms with Crippen LogP contribution in [0.5, 0.6) is 0 Å². The van der Waals surface area contributed by atoms with Crippen molar-refractivity contribution in [1.82, 2.24) is 15.5 Å². The molecule has 3 unspecified atom stereocenters. The Bertz CT molecular complexity index is 1330. The van der Waals surface area contributed by atoms with Gasteiger partial charge in [-0.2, -0.15) is 0 Å². The van der Waals surface area contributed by atoms with Crippen molar-refractivity contribution in [2.75, 3.05) is 19.7 Å². The van der Waals surface area contributed by atoms with Crippen molar-refractivity contribution in [2.24, 2.45) is 35.3 Å². The highest BCUT2D eigenvalue weighted by atomic mass is 16.3. The van der Waals surface area contributed by atoms with Crippen LogP contribution in [-0.4, -0.2) is 82.9 Å². The first-order chi connectivity index (χ1) is 25.6. The third kappa shape index (κ3) is 17.4. The number of nitrogens with zero attached hydrogens (tertiary/aromatic N) is 1. The molecule has 0 radical (unpaired) electrons.